The quantitative estimate of drug-likeness (QED) is 0.714. The van der Waals surface area contributed by atoms with Gasteiger partial charge in [-0.05, 0) is 50.1 Å². The number of aromatic nitrogens is 3. The lowest BCUT2D eigenvalue weighted by Gasteiger charge is -2.13. The third kappa shape index (κ3) is 4.01. The molecule has 0 spiro atoms. The third-order valence-corrected chi connectivity index (χ3v) is 4.63. The molecule has 29 heavy (non-hydrogen) atoms. The first-order valence-corrected chi connectivity index (χ1v) is 9.17. The maximum Gasteiger partial charge on any atom is 0.352 e. The molecule has 150 valence electrons. The van der Waals surface area contributed by atoms with Crippen molar-refractivity contribution in [3.05, 3.63) is 91.5 Å². The molecule has 3 aromatic rings. The van der Waals surface area contributed by atoms with Crippen molar-refractivity contribution in [3.8, 4) is 5.69 Å². The summed E-state index contributed by atoms with van der Waals surface area (Å²) in [5, 5.41) is 6.54. The Morgan fingerprint density at radius 2 is 1.83 bits per heavy atom. The Morgan fingerprint density at radius 1 is 1.10 bits per heavy atom. The molecular formula is C21H21FN4O3. The Balaban J connectivity index is 2.26. The zero-order chi connectivity index (χ0) is 21.1. The lowest BCUT2D eigenvalue weighted by atomic mass is 10.1. The molecule has 8 heteroatoms. The van der Waals surface area contributed by atoms with Gasteiger partial charge in [0.1, 0.15) is 5.82 Å². The highest BCUT2D eigenvalue weighted by atomic mass is 19.1. The number of rotatable bonds is 5. The van der Waals surface area contributed by atoms with Crippen LogP contribution in [-0.4, -0.2) is 26.8 Å². The van der Waals surface area contributed by atoms with E-state index >= 15 is 0 Å². The lowest BCUT2D eigenvalue weighted by molar-refractivity contribution is 0.0946. The predicted molar refractivity (Wildman–Crippen MR) is 107 cm³/mol. The summed E-state index contributed by atoms with van der Waals surface area (Å²) in [7, 11) is 0. The van der Waals surface area contributed by atoms with Crippen LogP contribution in [-0.2, 0) is 6.54 Å². The van der Waals surface area contributed by atoms with Crippen molar-refractivity contribution in [1.82, 2.24) is 19.7 Å². The van der Waals surface area contributed by atoms with Gasteiger partial charge in [-0.15, -0.1) is 0 Å². The highest BCUT2D eigenvalue weighted by molar-refractivity contribution is 5.91. The topological polar surface area (TPSA) is 86.0 Å². The first-order chi connectivity index (χ1) is 13.8. The largest absolute Gasteiger partial charge is 0.352 e. The SMILES string of the molecule is CCNC(=O)c1nn(-c2ccc(C)c(C)c2)c(=O)n(Cc2ccccc2F)c1=O. The van der Waals surface area contributed by atoms with Crippen molar-refractivity contribution in [3.63, 3.8) is 0 Å². The number of benzene rings is 2. The highest BCUT2D eigenvalue weighted by Crippen LogP contribution is 2.12. The third-order valence-electron chi connectivity index (χ3n) is 4.63. The average Bonchev–Trinajstić information content (AvgIpc) is 2.69. The number of nitrogens with one attached hydrogen (secondary N) is 1. The molecule has 3 rings (SSSR count). The number of hydrogen-bond acceptors (Lipinski definition) is 4. The molecule has 0 unspecified atom stereocenters. The molecule has 2 aromatic carbocycles. The molecule has 0 saturated heterocycles. The maximum atomic E-state index is 14.1. The van der Waals surface area contributed by atoms with Crippen LogP contribution in [0.3, 0.4) is 0 Å². The first kappa shape index (κ1) is 20.2. The second-order valence-corrected chi connectivity index (χ2v) is 6.65. The molecule has 0 radical (unpaired) electrons. The Labute approximate surface area is 166 Å². The number of nitrogens with zero attached hydrogens (tertiary/aromatic N) is 3. The predicted octanol–water partition coefficient (Wildman–Crippen LogP) is 1.95. The standard InChI is InChI=1S/C21H21FN4O3/c1-4-23-19(27)18-20(28)25(12-15-7-5-6-8-17(15)22)21(29)26(24-18)16-10-9-13(2)14(3)11-16/h5-11H,4,12H2,1-3H3,(H,23,27). The molecule has 1 N–H and O–H groups in total. The molecular weight excluding hydrogens is 375 g/mol. The van der Waals surface area contributed by atoms with E-state index in [-0.39, 0.29) is 18.7 Å². The minimum Gasteiger partial charge on any atom is -0.351 e. The first-order valence-electron chi connectivity index (χ1n) is 9.17. The molecule has 0 bridgehead atoms. The van der Waals surface area contributed by atoms with E-state index in [0.29, 0.717) is 5.69 Å². The number of carbonyl (C=O) groups excluding carboxylic acids is 1. The summed E-state index contributed by atoms with van der Waals surface area (Å²) in [6.07, 6.45) is 0. The van der Waals surface area contributed by atoms with E-state index in [1.165, 1.54) is 18.2 Å². The lowest BCUT2D eigenvalue weighted by Crippen LogP contribution is -2.46. The van der Waals surface area contributed by atoms with Crippen molar-refractivity contribution in [2.45, 2.75) is 27.3 Å². The van der Waals surface area contributed by atoms with Crippen LogP contribution in [0.1, 0.15) is 34.1 Å². The number of hydrogen-bond donors (Lipinski definition) is 1. The van der Waals surface area contributed by atoms with Gasteiger partial charge in [-0.25, -0.2) is 9.18 Å². The summed E-state index contributed by atoms with van der Waals surface area (Å²) in [6, 6.07) is 11.1. The van der Waals surface area contributed by atoms with E-state index in [1.807, 2.05) is 19.9 Å². The summed E-state index contributed by atoms with van der Waals surface area (Å²) in [5.41, 5.74) is 0.449. The van der Waals surface area contributed by atoms with Gasteiger partial charge in [0.15, 0.2) is 0 Å². The van der Waals surface area contributed by atoms with Crippen LogP contribution in [0.2, 0.25) is 0 Å². The average molecular weight is 396 g/mol. The van der Waals surface area contributed by atoms with Crippen molar-refractivity contribution in [2.75, 3.05) is 6.54 Å². The van der Waals surface area contributed by atoms with E-state index in [9.17, 15) is 18.8 Å². The zero-order valence-electron chi connectivity index (χ0n) is 16.4. The second-order valence-electron chi connectivity index (χ2n) is 6.65. The fourth-order valence-corrected chi connectivity index (χ4v) is 2.86. The van der Waals surface area contributed by atoms with Gasteiger partial charge < -0.3 is 5.32 Å². The molecule has 0 fully saturated rings. The highest BCUT2D eigenvalue weighted by Gasteiger charge is 2.20. The Hall–Kier alpha value is -3.55. The molecule has 1 aromatic heterocycles. The Kier molecular flexibility index (Phi) is 5.72. The van der Waals surface area contributed by atoms with E-state index < -0.39 is 28.7 Å². The van der Waals surface area contributed by atoms with Crippen LogP contribution < -0.4 is 16.6 Å². The fraction of sp³-hybridized carbons (Fsp3) is 0.238. The van der Waals surface area contributed by atoms with Crippen LogP contribution in [0.25, 0.3) is 5.69 Å². The molecule has 0 atom stereocenters. The molecule has 0 aliphatic heterocycles. The minimum atomic E-state index is -0.871. The van der Waals surface area contributed by atoms with E-state index in [4.69, 9.17) is 0 Å². The number of aryl methyl sites for hydroxylation is 2. The van der Waals surface area contributed by atoms with Crippen LogP contribution in [0, 0.1) is 19.7 Å². The molecule has 7 nitrogen and oxygen atoms in total. The molecule has 0 aliphatic rings. The number of carbonyl (C=O) groups is 1. The van der Waals surface area contributed by atoms with Gasteiger partial charge in [-0.2, -0.15) is 9.78 Å². The van der Waals surface area contributed by atoms with Crippen molar-refractivity contribution in [2.24, 2.45) is 0 Å². The van der Waals surface area contributed by atoms with Crippen molar-refractivity contribution < 1.29 is 9.18 Å². The monoisotopic (exact) mass is 396 g/mol. The van der Waals surface area contributed by atoms with Crippen LogP contribution in [0.4, 0.5) is 4.39 Å². The van der Waals surface area contributed by atoms with Crippen LogP contribution in [0.15, 0.2) is 52.1 Å². The Bertz CT molecular complexity index is 1200. The summed E-state index contributed by atoms with van der Waals surface area (Å²) in [6.45, 7) is 5.48. The van der Waals surface area contributed by atoms with Gasteiger partial charge in [0.05, 0.1) is 12.2 Å². The fourth-order valence-electron chi connectivity index (χ4n) is 2.86. The van der Waals surface area contributed by atoms with Gasteiger partial charge in [0, 0.05) is 12.1 Å². The number of halogens is 1. The summed E-state index contributed by atoms with van der Waals surface area (Å²) < 4.78 is 15.9. The smallest absolute Gasteiger partial charge is 0.351 e. The van der Waals surface area contributed by atoms with Gasteiger partial charge in [-0.3, -0.25) is 14.2 Å². The summed E-state index contributed by atoms with van der Waals surface area (Å²) in [4.78, 5) is 38.3. The van der Waals surface area contributed by atoms with Crippen molar-refractivity contribution >= 4 is 5.91 Å². The molecule has 0 aliphatic carbocycles. The van der Waals surface area contributed by atoms with E-state index in [1.54, 1.807) is 25.1 Å². The van der Waals surface area contributed by atoms with Gasteiger partial charge >= 0.3 is 5.69 Å². The molecule has 1 heterocycles. The van der Waals surface area contributed by atoms with Crippen LogP contribution in [0.5, 0.6) is 0 Å². The normalized spacial score (nSPS) is 10.8. The van der Waals surface area contributed by atoms with E-state index in [0.717, 1.165) is 20.4 Å². The summed E-state index contributed by atoms with van der Waals surface area (Å²) in [5.74, 6) is -1.25. The van der Waals surface area contributed by atoms with Crippen LogP contribution >= 0.6 is 0 Å². The van der Waals surface area contributed by atoms with Gasteiger partial charge in [0.2, 0.25) is 5.69 Å². The zero-order valence-corrected chi connectivity index (χ0v) is 16.4. The minimum absolute atomic E-state index is 0.159. The molecule has 1 amide bonds. The summed E-state index contributed by atoms with van der Waals surface area (Å²) >= 11 is 0. The van der Waals surface area contributed by atoms with E-state index in [2.05, 4.69) is 10.4 Å². The second kappa shape index (κ2) is 8.22. The van der Waals surface area contributed by atoms with Gasteiger partial charge in [-0.1, -0.05) is 24.3 Å². The van der Waals surface area contributed by atoms with Gasteiger partial charge in [0.25, 0.3) is 11.5 Å². The Morgan fingerprint density at radius 3 is 2.48 bits per heavy atom. The number of amides is 1. The maximum absolute atomic E-state index is 14.1. The van der Waals surface area contributed by atoms with Crippen molar-refractivity contribution in [1.29, 1.82) is 0 Å². The molecule has 0 saturated carbocycles.